The van der Waals surface area contributed by atoms with E-state index in [4.69, 9.17) is 0 Å². The second-order valence-electron chi connectivity index (χ2n) is 6.15. The molecule has 1 atom stereocenters. The molecule has 1 fully saturated rings. The Labute approximate surface area is 160 Å². The standard InChI is InChI=1S/C20H17F2N3O3/c1-2-11-24-17(12-18(26)23-15-7-3-13(21)4-8-15)19(27)25(20(24)28)16-9-5-14(22)6-10-16/h2-10,17H,1,11-12H2,(H,23,26)/t17-/m1/s1. The fourth-order valence-corrected chi connectivity index (χ4v) is 2.93. The number of hydrogen-bond donors (Lipinski definition) is 1. The first-order valence-corrected chi connectivity index (χ1v) is 8.47. The molecule has 0 aromatic heterocycles. The molecule has 0 bridgehead atoms. The van der Waals surface area contributed by atoms with Gasteiger partial charge in [0.15, 0.2) is 0 Å². The number of amides is 4. The number of carbonyl (C=O) groups excluding carboxylic acids is 3. The van der Waals surface area contributed by atoms with Gasteiger partial charge in [0.1, 0.15) is 17.7 Å². The van der Waals surface area contributed by atoms with E-state index in [2.05, 4.69) is 11.9 Å². The Hall–Kier alpha value is -3.55. The van der Waals surface area contributed by atoms with Crippen LogP contribution in [0.15, 0.2) is 61.2 Å². The fraction of sp³-hybridized carbons (Fsp3) is 0.150. The molecule has 1 N–H and O–H groups in total. The smallest absolute Gasteiger partial charge is 0.326 e. The second kappa shape index (κ2) is 7.99. The number of hydrogen-bond acceptors (Lipinski definition) is 3. The normalized spacial score (nSPS) is 16.4. The maximum atomic E-state index is 13.2. The maximum absolute atomic E-state index is 13.2. The lowest BCUT2D eigenvalue weighted by atomic mass is 10.1. The Balaban J connectivity index is 1.79. The topological polar surface area (TPSA) is 69.7 Å². The quantitative estimate of drug-likeness (QED) is 0.613. The number of halogens is 2. The van der Waals surface area contributed by atoms with Crippen molar-refractivity contribution in [1.82, 2.24) is 4.90 Å². The van der Waals surface area contributed by atoms with Crippen LogP contribution in [0.3, 0.4) is 0 Å². The fourth-order valence-electron chi connectivity index (χ4n) is 2.93. The van der Waals surface area contributed by atoms with Crippen LogP contribution in [-0.4, -0.2) is 35.3 Å². The average Bonchev–Trinajstić information content (AvgIpc) is 2.89. The first-order valence-electron chi connectivity index (χ1n) is 8.47. The molecule has 28 heavy (non-hydrogen) atoms. The number of carbonyl (C=O) groups is 3. The van der Waals surface area contributed by atoms with Gasteiger partial charge in [0.2, 0.25) is 5.91 Å². The molecule has 0 unspecified atom stereocenters. The van der Waals surface area contributed by atoms with Gasteiger partial charge < -0.3 is 10.2 Å². The molecule has 1 heterocycles. The Kier molecular flexibility index (Phi) is 5.49. The summed E-state index contributed by atoms with van der Waals surface area (Å²) in [5, 5.41) is 2.57. The van der Waals surface area contributed by atoms with Crippen molar-refractivity contribution in [1.29, 1.82) is 0 Å². The van der Waals surface area contributed by atoms with E-state index < -0.39 is 35.5 Å². The lowest BCUT2D eigenvalue weighted by molar-refractivity contribution is -0.124. The summed E-state index contributed by atoms with van der Waals surface area (Å²) in [7, 11) is 0. The lowest BCUT2D eigenvalue weighted by Gasteiger charge is -2.19. The summed E-state index contributed by atoms with van der Waals surface area (Å²) in [5.74, 6) is -2.04. The van der Waals surface area contributed by atoms with Gasteiger partial charge in [-0.3, -0.25) is 9.59 Å². The third kappa shape index (κ3) is 3.90. The molecular weight excluding hydrogens is 368 g/mol. The predicted octanol–water partition coefficient (Wildman–Crippen LogP) is 3.32. The van der Waals surface area contributed by atoms with Gasteiger partial charge in [-0.05, 0) is 48.5 Å². The predicted molar refractivity (Wildman–Crippen MR) is 99.6 cm³/mol. The Bertz CT molecular complexity index is 913. The largest absolute Gasteiger partial charge is 0.332 e. The van der Waals surface area contributed by atoms with E-state index in [9.17, 15) is 23.2 Å². The van der Waals surface area contributed by atoms with Crippen molar-refractivity contribution in [3.8, 4) is 0 Å². The van der Waals surface area contributed by atoms with E-state index >= 15 is 0 Å². The zero-order valence-corrected chi connectivity index (χ0v) is 14.8. The highest BCUT2D eigenvalue weighted by molar-refractivity contribution is 6.22. The molecule has 2 aromatic rings. The highest BCUT2D eigenvalue weighted by atomic mass is 19.1. The Morgan fingerprint density at radius 3 is 2.18 bits per heavy atom. The van der Waals surface area contributed by atoms with Crippen LogP contribution in [0.2, 0.25) is 0 Å². The molecule has 6 nitrogen and oxygen atoms in total. The number of nitrogens with one attached hydrogen (secondary N) is 1. The van der Waals surface area contributed by atoms with Crippen LogP contribution in [0, 0.1) is 11.6 Å². The summed E-state index contributed by atoms with van der Waals surface area (Å²) in [4.78, 5) is 40.0. The molecule has 3 rings (SSSR count). The van der Waals surface area contributed by atoms with Crippen LogP contribution in [-0.2, 0) is 9.59 Å². The first-order chi connectivity index (χ1) is 13.4. The van der Waals surface area contributed by atoms with E-state index in [0.717, 1.165) is 17.0 Å². The summed E-state index contributed by atoms with van der Waals surface area (Å²) in [6.07, 6.45) is 1.16. The van der Waals surface area contributed by atoms with Gasteiger partial charge in [-0.2, -0.15) is 0 Å². The molecule has 2 aromatic carbocycles. The van der Waals surface area contributed by atoms with Gasteiger partial charge in [-0.15, -0.1) is 6.58 Å². The van der Waals surface area contributed by atoms with Crippen LogP contribution in [0.5, 0.6) is 0 Å². The number of benzene rings is 2. The van der Waals surface area contributed by atoms with E-state index in [1.54, 1.807) is 0 Å². The molecule has 8 heteroatoms. The van der Waals surface area contributed by atoms with Gasteiger partial charge in [0.05, 0.1) is 12.1 Å². The lowest BCUT2D eigenvalue weighted by Crippen LogP contribution is -2.38. The van der Waals surface area contributed by atoms with Crippen molar-refractivity contribution in [3.05, 3.63) is 72.8 Å². The van der Waals surface area contributed by atoms with Crippen molar-refractivity contribution < 1.29 is 23.2 Å². The molecule has 0 saturated carbocycles. The van der Waals surface area contributed by atoms with Crippen molar-refractivity contribution in [2.75, 3.05) is 16.8 Å². The highest BCUT2D eigenvalue weighted by Crippen LogP contribution is 2.27. The maximum Gasteiger partial charge on any atom is 0.332 e. The number of rotatable bonds is 6. The van der Waals surface area contributed by atoms with Crippen LogP contribution in [0.1, 0.15) is 6.42 Å². The van der Waals surface area contributed by atoms with Crippen molar-refractivity contribution >= 4 is 29.2 Å². The molecule has 1 saturated heterocycles. The molecule has 0 aliphatic carbocycles. The minimum Gasteiger partial charge on any atom is -0.326 e. The van der Waals surface area contributed by atoms with Gasteiger partial charge in [0.25, 0.3) is 5.91 Å². The summed E-state index contributed by atoms with van der Waals surface area (Å²) < 4.78 is 26.1. The van der Waals surface area contributed by atoms with E-state index in [0.29, 0.717) is 5.69 Å². The molecular formula is C20H17F2N3O3. The van der Waals surface area contributed by atoms with E-state index in [-0.39, 0.29) is 18.7 Å². The molecule has 4 amide bonds. The zero-order valence-electron chi connectivity index (χ0n) is 14.8. The van der Waals surface area contributed by atoms with E-state index in [1.807, 2.05) is 0 Å². The van der Waals surface area contributed by atoms with Crippen LogP contribution in [0.25, 0.3) is 0 Å². The van der Waals surface area contributed by atoms with Crippen LogP contribution in [0.4, 0.5) is 25.0 Å². The van der Waals surface area contributed by atoms with Gasteiger partial charge in [-0.1, -0.05) is 6.08 Å². The minimum absolute atomic E-state index is 0.0662. The third-order valence-corrected chi connectivity index (χ3v) is 4.24. The highest BCUT2D eigenvalue weighted by Gasteiger charge is 2.46. The molecule has 1 aliphatic heterocycles. The Morgan fingerprint density at radius 2 is 1.61 bits per heavy atom. The summed E-state index contributed by atoms with van der Waals surface area (Å²) in [5.41, 5.74) is 0.584. The molecule has 144 valence electrons. The van der Waals surface area contributed by atoms with Gasteiger partial charge >= 0.3 is 6.03 Å². The van der Waals surface area contributed by atoms with Gasteiger partial charge in [-0.25, -0.2) is 18.5 Å². The molecule has 0 spiro atoms. The monoisotopic (exact) mass is 385 g/mol. The molecule has 1 aliphatic rings. The number of anilines is 2. The minimum atomic E-state index is -1.03. The molecule has 0 radical (unpaired) electrons. The number of imide groups is 1. The summed E-state index contributed by atoms with van der Waals surface area (Å²) >= 11 is 0. The van der Waals surface area contributed by atoms with Crippen molar-refractivity contribution in [3.63, 3.8) is 0 Å². The summed E-state index contributed by atoms with van der Waals surface area (Å²) in [6.45, 7) is 3.64. The van der Waals surface area contributed by atoms with Crippen LogP contribution < -0.4 is 10.2 Å². The van der Waals surface area contributed by atoms with Crippen molar-refractivity contribution in [2.45, 2.75) is 12.5 Å². The van der Waals surface area contributed by atoms with Gasteiger partial charge in [0, 0.05) is 12.2 Å². The van der Waals surface area contributed by atoms with Crippen LogP contribution >= 0.6 is 0 Å². The third-order valence-electron chi connectivity index (χ3n) is 4.24. The van der Waals surface area contributed by atoms with E-state index in [1.165, 1.54) is 47.4 Å². The zero-order chi connectivity index (χ0) is 20.3. The van der Waals surface area contributed by atoms with Crippen molar-refractivity contribution in [2.24, 2.45) is 0 Å². The average molecular weight is 385 g/mol. The number of urea groups is 1. The Morgan fingerprint density at radius 1 is 1.04 bits per heavy atom. The first kappa shape index (κ1) is 19.2. The number of nitrogens with zero attached hydrogens (tertiary/aromatic N) is 2. The second-order valence-corrected chi connectivity index (χ2v) is 6.15. The summed E-state index contributed by atoms with van der Waals surface area (Å²) in [6, 6.07) is 8.44. The SMILES string of the molecule is C=CCN1C(=O)N(c2ccc(F)cc2)C(=O)[C@H]1CC(=O)Nc1ccc(F)cc1.